The molecule has 0 aliphatic carbocycles. The molecule has 0 saturated heterocycles. The van der Waals surface area contributed by atoms with E-state index in [1.165, 1.54) is 0 Å². The molecule has 7 heteroatoms. The van der Waals surface area contributed by atoms with Gasteiger partial charge in [0.25, 0.3) is 0 Å². The van der Waals surface area contributed by atoms with Gasteiger partial charge in [0, 0.05) is 5.69 Å². The Morgan fingerprint density at radius 2 is 1.37 bits per heavy atom. The highest BCUT2D eigenvalue weighted by Crippen LogP contribution is 2.28. The maximum absolute atomic E-state index is 13.4. The van der Waals surface area contributed by atoms with Gasteiger partial charge in [-0.2, -0.15) is 0 Å². The maximum Gasteiger partial charge on any atom is 0.196 e. The van der Waals surface area contributed by atoms with Crippen molar-refractivity contribution in [3.05, 3.63) is 53.4 Å². The van der Waals surface area contributed by atoms with Gasteiger partial charge < -0.3 is 11.1 Å². The number of hydrogen-bond donors (Lipinski definition) is 2. The van der Waals surface area contributed by atoms with Crippen LogP contribution in [0, 0.1) is 29.1 Å². The van der Waals surface area contributed by atoms with Crippen LogP contribution in [0.25, 0.3) is 0 Å². The molecular weight excluding hydrogens is 267 g/mol. The van der Waals surface area contributed by atoms with Crippen LogP contribution >= 0.6 is 0 Å². The van der Waals surface area contributed by atoms with Crippen LogP contribution < -0.4 is 11.1 Å². The lowest BCUT2D eigenvalue weighted by molar-refractivity contribution is 0.449. The van der Waals surface area contributed by atoms with E-state index >= 15 is 0 Å². The van der Waals surface area contributed by atoms with E-state index in [1.807, 2.05) is 5.32 Å². The number of nitrogen functional groups attached to an aromatic ring is 1. The zero-order chi connectivity index (χ0) is 14.2. The standard InChI is InChI=1S/C12H7F5N2/c13-6-1-2-9(11(17)10(6)16)19-12-7(14)3-5(18)4-8(12)15/h1-4,19H,18H2. The first-order valence-corrected chi connectivity index (χ1v) is 5.05. The first kappa shape index (κ1) is 13.1. The van der Waals surface area contributed by atoms with E-state index in [0.717, 1.165) is 18.2 Å². The van der Waals surface area contributed by atoms with E-state index in [9.17, 15) is 22.0 Å². The first-order valence-electron chi connectivity index (χ1n) is 5.05. The number of benzene rings is 2. The van der Waals surface area contributed by atoms with E-state index in [4.69, 9.17) is 5.73 Å². The normalized spacial score (nSPS) is 10.6. The van der Waals surface area contributed by atoms with Crippen LogP contribution in [0.4, 0.5) is 39.0 Å². The average molecular weight is 274 g/mol. The summed E-state index contributed by atoms with van der Waals surface area (Å²) in [5.41, 5.74) is 3.74. The summed E-state index contributed by atoms with van der Waals surface area (Å²) in [5.74, 6) is -6.87. The third-order valence-corrected chi connectivity index (χ3v) is 2.36. The molecule has 2 aromatic carbocycles. The van der Waals surface area contributed by atoms with E-state index in [-0.39, 0.29) is 5.69 Å². The highest BCUT2D eigenvalue weighted by atomic mass is 19.2. The third-order valence-electron chi connectivity index (χ3n) is 2.36. The molecule has 19 heavy (non-hydrogen) atoms. The van der Waals surface area contributed by atoms with Crippen LogP contribution in [-0.2, 0) is 0 Å². The Hall–Kier alpha value is -2.31. The Labute approximate surface area is 104 Å². The van der Waals surface area contributed by atoms with Crippen molar-refractivity contribution < 1.29 is 22.0 Å². The van der Waals surface area contributed by atoms with Gasteiger partial charge in [-0.3, -0.25) is 0 Å². The topological polar surface area (TPSA) is 38.0 Å². The zero-order valence-electron chi connectivity index (χ0n) is 9.28. The molecule has 0 radical (unpaired) electrons. The van der Waals surface area contributed by atoms with Crippen molar-refractivity contribution >= 4 is 17.1 Å². The number of nitrogens with one attached hydrogen (secondary N) is 1. The molecule has 2 aromatic rings. The summed E-state index contributed by atoms with van der Waals surface area (Å²) in [6, 6.07) is 3.07. The van der Waals surface area contributed by atoms with Crippen molar-refractivity contribution in [3.63, 3.8) is 0 Å². The van der Waals surface area contributed by atoms with E-state index in [1.54, 1.807) is 0 Å². The quantitative estimate of drug-likeness (QED) is 0.497. The maximum atomic E-state index is 13.4. The van der Waals surface area contributed by atoms with Crippen LogP contribution in [0.3, 0.4) is 0 Å². The number of rotatable bonds is 2. The minimum atomic E-state index is -1.73. The van der Waals surface area contributed by atoms with Gasteiger partial charge in [-0.05, 0) is 24.3 Å². The average Bonchev–Trinajstić information content (AvgIpc) is 2.33. The second-order valence-corrected chi connectivity index (χ2v) is 3.71. The molecule has 0 aromatic heterocycles. The van der Waals surface area contributed by atoms with E-state index in [2.05, 4.69) is 0 Å². The number of anilines is 3. The zero-order valence-corrected chi connectivity index (χ0v) is 9.28. The molecule has 0 bridgehead atoms. The van der Waals surface area contributed by atoms with Crippen molar-refractivity contribution in [2.24, 2.45) is 0 Å². The minimum Gasteiger partial charge on any atom is -0.399 e. The Bertz CT molecular complexity index is 619. The number of nitrogens with two attached hydrogens (primary N) is 1. The molecular formula is C12H7F5N2. The van der Waals surface area contributed by atoms with Gasteiger partial charge in [0.2, 0.25) is 0 Å². The molecule has 0 saturated carbocycles. The number of hydrogen-bond acceptors (Lipinski definition) is 2. The number of halogens is 5. The molecule has 0 aliphatic heterocycles. The van der Waals surface area contributed by atoms with Gasteiger partial charge in [0.15, 0.2) is 29.1 Å². The van der Waals surface area contributed by atoms with Crippen LogP contribution in [0.1, 0.15) is 0 Å². The fourth-order valence-electron chi connectivity index (χ4n) is 1.47. The lowest BCUT2D eigenvalue weighted by atomic mass is 10.2. The molecule has 0 heterocycles. The van der Waals surface area contributed by atoms with Crippen LogP contribution in [0.5, 0.6) is 0 Å². The second kappa shape index (κ2) is 4.75. The van der Waals surface area contributed by atoms with Crippen molar-refractivity contribution in [1.82, 2.24) is 0 Å². The molecule has 2 nitrogen and oxygen atoms in total. The van der Waals surface area contributed by atoms with E-state index < -0.39 is 40.5 Å². The fourth-order valence-corrected chi connectivity index (χ4v) is 1.47. The summed E-state index contributed by atoms with van der Waals surface area (Å²) in [7, 11) is 0. The van der Waals surface area contributed by atoms with Gasteiger partial charge in [-0.25, -0.2) is 22.0 Å². The predicted octanol–water partition coefficient (Wildman–Crippen LogP) is 3.71. The molecule has 3 N–H and O–H groups in total. The molecule has 100 valence electrons. The van der Waals surface area contributed by atoms with Crippen LogP contribution in [0.15, 0.2) is 24.3 Å². The molecule has 0 spiro atoms. The largest absolute Gasteiger partial charge is 0.399 e. The molecule has 0 fully saturated rings. The molecule has 0 aliphatic rings. The van der Waals surface area contributed by atoms with Gasteiger partial charge in [-0.15, -0.1) is 0 Å². The van der Waals surface area contributed by atoms with Gasteiger partial charge in [-0.1, -0.05) is 0 Å². The Balaban J connectivity index is 2.45. The predicted molar refractivity (Wildman–Crippen MR) is 60.4 cm³/mol. The smallest absolute Gasteiger partial charge is 0.196 e. The molecule has 0 amide bonds. The molecule has 0 unspecified atom stereocenters. The van der Waals surface area contributed by atoms with Gasteiger partial charge in [0.1, 0.15) is 5.69 Å². The van der Waals surface area contributed by atoms with Crippen molar-refractivity contribution in [3.8, 4) is 0 Å². The van der Waals surface area contributed by atoms with Gasteiger partial charge >= 0.3 is 0 Å². The van der Waals surface area contributed by atoms with Crippen LogP contribution in [0.2, 0.25) is 0 Å². The van der Waals surface area contributed by atoms with Crippen LogP contribution in [-0.4, -0.2) is 0 Å². The second-order valence-electron chi connectivity index (χ2n) is 3.71. The van der Waals surface area contributed by atoms with E-state index in [0.29, 0.717) is 6.07 Å². The monoisotopic (exact) mass is 274 g/mol. The van der Waals surface area contributed by atoms with Crippen molar-refractivity contribution in [1.29, 1.82) is 0 Å². The summed E-state index contributed by atoms with van der Waals surface area (Å²) >= 11 is 0. The summed E-state index contributed by atoms with van der Waals surface area (Å²) in [6.45, 7) is 0. The third kappa shape index (κ3) is 2.44. The lowest BCUT2D eigenvalue weighted by Gasteiger charge is -2.10. The molecule has 0 atom stereocenters. The highest BCUT2D eigenvalue weighted by Gasteiger charge is 2.17. The first-order chi connectivity index (χ1) is 8.90. The highest BCUT2D eigenvalue weighted by molar-refractivity contribution is 5.64. The van der Waals surface area contributed by atoms with Crippen molar-refractivity contribution in [2.75, 3.05) is 11.1 Å². The fraction of sp³-hybridized carbons (Fsp3) is 0. The molecule has 2 rings (SSSR count). The minimum absolute atomic E-state index is 0.161. The summed E-state index contributed by atoms with van der Waals surface area (Å²) < 4.78 is 65.9. The SMILES string of the molecule is Nc1cc(F)c(Nc2ccc(F)c(F)c2F)c(F)c1. The summed E-state index contributed by atoms with van der Waals surface area (Å²) in [5, 5.41) is 2.02. The summed E-state index contributed by atoms with van der Waals surface area (Å²) in [6.07, 6.45) is 0. The Morgan fingerprint density at radius 1 is 0.789 bits per heavy atom. The van der Waals surface area contributed by atoms with Crippen molar-refractivity contribution in [2.45, 2.75) is 0 Å². The van der Waals surface area contributed by atoms with Gasteiger partial charge in [0.05, 0.1) is 5.69 Å². The Kier molecular flexibility index (Phi) is 3.28. The lowest BCUT2D eigenvalue weighted by Crippen LogP contribution is -2.03. The Morgan fingerprint density at radius 3 is 1.95 bits per heavy atom. The summed E-state index contributed by atoms with van der Waals surface area (Å²) in [4.78, 5) is 0.